The van der Waals surface area contributed by atoms with Crippen LogP contribution in [0.5, 0.6) is 0 Å². The fraction of sp³-hybridized carbons (Fsp3) is 0.571. The Morgan fingerprint density at radius 2 is 1.05 bits per heavy atom. The van der Waals surface area contributed by atoms with Crippen LogP contribution in [0.15, 0.2) is 22.5 Å². The lowest BCUT2D eigenvalue weighted by atomic mass is 10.2. The molecule has 6 heteroatoms. The standard InChI is InChI=1S/C14H26O4Si2/c1-5-11(6-2)9-19-17-13(15)14(16)18-20-10-12(7-3)8-4/h9-10H,5-8,19-20H2,1-4H3. The third-order valence-corrected chi connectivity index (χ3v) is 5.50. The van der Waals surface area contributed by atoms with Crippen molar-refractivity contribution in [3.05, 3.63) is 22.5 Å². The lowest BCUT2D eigenvalue weighted by Gasteiger charge is -2.05. The van der Waals surface area contributed by atoms with Crippen LogP contribution >= 0.6 is 0 Å². The molecule has 0 heterocycles. The number of hydrogen-bond acceptors (Lipinski definition) is 4. The number of hydrogen-bond donors (Lipinski definition) is 0. The van der Waals surface area contributed by atoms with E-state index < -0.39 is 31.5 Å². The minimum Gasteiger partial charge on any atom is -0.513 e. The molecular weight excluding hydrogens is 288 g/mol. The van der Waals surface area contributed by atoms with E-state index in [9.17, 15) is 9.59 Å². The molecule has 0 rings (SSSR count). The quantitative estimate of drug-likeness (QED) is 0.505. The van der Waals surface area contributed by atoms with Gasteiger partial charge in [-0.2, -0.15) is 0 Å². The second-order valence-electron chi connectivity index (χ2n) is 4.34. The lowest BCUT2D eigenvalue weighted by Crippen LogP contribution is -2.22. The van der Waals surface area contributed by atoms with E-state index in [0.29, 0.717) is 0 Å². The summed E-state index contributed by atoms with van der Waals surface area (Å²) in [5.41, 5.74) is 6.50. The maximum atomic E-state index is 11.4. The topological polar surface area (TPSA) is 52.6 Å². The first-order chi connectivity index (χ1) is 9.58. The molecule has 0 saturated heterocycles. The van der Waals surface area contributed by atoms with E-state index in [1.54, 1.807) is 0 Å². The van der Waals surface area contributed by atoms with Gasteiger partial charge in [0, 0.05) is 0 Å². The van der Waals surface area contributed by atoms with Crippen molar-refractivity contribution in [1.29, 1.82) is 0 Å². The van der Waals surface area contributed by atoms with Crippen LogP contribution in [-0.4, -0.2) is 31.5 Å². The first-order valence-corrected chi connectivity index (χ1v) is 10.1. The number of carbonyl (C=O) groups is 2. The van der Waals surface area contributed by atoms with Crippen LogP contribution in [0, 0.1) is 0 Å². The van der Waals surface area contributed by atoms with Crippen LogP contribution in [0.4, 0.5) is 0 Å². The molecule has 114 valence electrons. The van der Waals surface area contributed by atoms with E-state index in [-0.39, 0.29) is 0 Å². The van der Waals surface area contributed by atoms with Crippen molar-refractivity contribution in [2.45, 2.75) is 53.4 Å². The molecule has 0 atom stereocenters. The molecule has 0 aromatic rings. The van der Waals surface area contributed by atoms with Gasteiger partial charge in [-0.15, -0.1) is 0 Å². The SMILES string of the molecule is CCC(=C[SiH2]OC(=O)C(=O)O[SiH2]C=C(CC)CC)CC. The molecule has 0 aliphatic heterocycles. The van der Waals surface area contributed by atoms with Crippen LogP contribution in [-0.2, 0) is 18.4 Å². The van der Waals surface area contributed by atoms with Gasteiger partial charge < -0.3 is 8.85 Å². The molecule has 0 amide bonds. The molecule has 0 aliphatic carbocycles. The van der Waals surface area contributed by atoms with Gasteiger partial charge >= 0.3 is 11.9 Å². The maximum Gasteiger partial charge on any atom is 0.402 e. The van der Waals surface area contributed by atoms with Gasteiger partial charge in [0.05, 0.1) is 0 Å². The van der Waals surface area contributed by atoms with Crippen LogP contribution in [0.25, 0.3) is 0 Å². The van der Waals surface area contributed by atoms with E-state index in [1.165, 1.54) is 11.1 Å². The summed E-state index contributed by atoms with van der Waals surface area (Å²) in [4.78, 5) is 22.9. The normalized spacial score (nSPS) is 10.8. The van der Waals surface area contributed by atoms with Crippen molar-refractivity contribution in [3.8, 4) is 0 Å². The molecule has 0 unspecified atom stereocenters. The molecule has 0 N–H and O–H groups in total. The zero-order valence-corrected chi connectivity index (χ0v) is 15.9. The third kappa shape index (κ3) is 8.11. The third-order valence-electron chi connectivity index (χ3n) is 3.16. The first kappa shape index (κ1) is 18.9. The van der Waals surface area contributed by atoms with Gasteiger partial charge in [0.25, 0.3) is 0 Å². The van der Waals surface area contributed by atoms with Crippen molar-refractivity contribution in [3.63, 3.8) is 0 Å². The van der Waals surface area contributed by atoms with Crippen molar-refractivity contribution in [2.24, 2.45) is 0 Å². The van der Waals surface area contributed by atoms with E-state index in [4.69, 9.17) is 8.85 Å². The zero-order valence-electron chi connectivity index (χ0n) is 13.0. The number of rotatable bonds is 8. The highest BCUT2D eigenvalue weighted by atomic mass is 28.2. The molecule has 0 aromatic carbocycles. The molecule has 4 nitrogen and oxygen atoms in total. The number of carbonyl (C=O) groups excluding carboxylic acids is 2. The molecule has 20 heavy (non-hydrogen) atoms. The Bertz CT molecular complexity index is 327. The number of allylic oxidation sites excluding steroid dienone is 2. The Labute approximate surface area is 126 Å². The Hall–Kier alpha value is -1.15. The molecule has 0 radical (unpaired) electrons. The average molecular weight is 315 g/mol. The molecule has 0 aliphatic rings. The summed E-state index contributed by atoms with van der Waals surface area (Å²) in [5.74, 6) is -1.68. The highest BCUT2D eigenvalue weighted by molar-refractivity contribution is 6.48. The van der Waals surface area contributed by atoms with E-state index in [1.807, 2.05) is 11.4 Å². The summed E-state index contributed by atoms with van der Waals surface area (Å²) < 4.78 is 10.00. The van der Waals surface area contributed by atoms with Gasteiger partial charge in [0.1, 0.15) is 0 Å². The molecule has 0 aromatic heterocycles. The minimum absolute atomic E-state index is 0.838. The van der Waals surface area contributed by atoms with E-state index in [0.717, 1.165) is 25.7 Å². The smallest absolute Gasteiger partial charge is 0.402 e. The van der Waals surface area contributed by atoms with Crippen LogP contribution < -0.4 is 0 Å². The molecule has 0 bridgehead atoms. The second kappa shape index (κ2) is 11.7. The predicted molar refractivity (Wildman–Crippen MR) is 86.6 cm³/mol. The van der Waals surface area contributed by atoms with Gasteiger partial charge in [-0.25, -0.2) is 9.59 Å². The highest BCUT2D eigenvalue weighted by Gasteiger charge is 2.15. The summed E-state index contributed by atoms with van der Waals surface area (Å²) in [6.07, 6.45) is 3.83. The Morgan fingerprint density at radius 3 is 1.30 bits per heavy atom. The van der Waals surface area contributed by atoms with Crippen molar-refractivity contribution in [2.75, 3.05) is 0 Å². The zero-order chi connectivity index (χ0) is 15.4. The van der Waals surface area contributed by atoms with Gasteiger partial charge in [0.15, 0.2) is 0 Å². The van der Waals surface area contributed by atoms with Gasteiger partial charge in [-0.1, -0.05) is 50.2 Å². The van der Waals surface area contributed by atoms with Crippen molar-refractivity contribution >= 4 is 31.5 Å². The van der Waals surface area contributed by atoms with Gasteiger partial charge in [-0.05, 0) is 25.7 Å². The summed E-state index contributed by atoms with van der Waals surface area (Å²) in [6, 6.07) is 0. The second-order valence-corrected chi connectivity index (χ2v) is 6.40. The lowest BCUT2D eigenvalue weighted by molar-refractivity contribution is -0.156. The van der Waals surface area contributed by atoms with Crippen molar-refractivity contribution < 1.29 is 18.4 Å². The van der Waals surface area contributed by atoms with Gasteiger partial charge in [-0.3, -0.25) is 0 Å². The highest BCUT2D eigenvalue weighted by Crippen LogP contribution is 2.04. The first-order valence-electron chi connectivity index (χ1n) is 7.28. The van der Waals surface area contributed by atoms with Crippen LogP contribution in [0.3, 0.4) is 0 Å². The van der Waals surface area contributed by atoms with Crippen LogP contribution in [0.2, 0.25) is 0 Å². The predicted octanol–water partition coefficient (Wildman–Crippen LogP) is 1.65. The molecular formula is C14H26O4Si2. The van der Waals surface area contributed by atoms with Crippen molar-refractivity contribution in [1.82, 2.24) is 0 Å². The summed E-state index contributed by atoms with van der Waals surface area (Å²) in [7, 11) is -2.22. The molecule has 0 fully saturated rings. The summed E-state index contributed by atoms with van der Waals surface area (Å²) in [6.45, 7) is 8.27. The molecule has 0 saturated carbocycles. The fourth-order valence-electron chi connectivity index (χ4n) is 1.67. The Kier molecular flexibility index (Phi) is 11.0. The fourth-order valence-corrected chi connectivity index (χ4v) is 4.00. The van der Waals surface area contributed by atoms with Crippen LogP contribution in [0.1, 0.15) is 53.4 Å². The summed E-state index contributed by atoms with van der Waals surface area (Å²) >= 11 is 0. The summed E-state index contributed by atoms with van der Waals surface area (Å²) in [5, 5.41) is 0. The maximum absolute atomic E-state index is 11.4. The Morgan fingerprint density at radius 1 is 0.750 bits per heavy atom. The van der Waals surface area contributed by atoms with Gasteiger partial charge in [0.2, 0.25) is 19.5 Å². The average Bonchev–Trinajstić information content (AvgIpc) is 2.47. The van der Waals surface area contributed by atoms with E-state index >= 15 is 0 Å². The largest absolute Gasteiger partial charge is 0.513 e. The van der Waals surface area contributed by atoms with E-state index in [2.05, 4.69) is 27.7 Å². The minimum atomic E-state index is -1.11. The Balaban J connectivity index is 4.08. The molecule has 0 spiro atoms. The monoisotopic (exact) mass is 314 g/mol.